The molecule has 0 radical (unpaired) electrons. The van der Waals surface area contributed by atoms with Gasteiger partial charge in [0.1, 0.15) is 0 Å². The summed E-state index contributed by atoms with van der Waals surface area (Å²) in [5, 5.41) is 10.8. The van der Waals surface area contributed by atoms with Crippen molar-refractivity contribution >= 4 is 17.3 Å². The van der Waals surface area contributed by atoms with Gasteiger partial charge in [0, 0.05) is 18.5 Å². The zero-order valence-corrected chi connectivity index (χ0v) is 10.2. The molecule has 0 aliphatic carbocycles. The highest BCUT2D eigenvalue weighted by Crippen LogP contribution is 2.21. The first-order chi connectivity index (χ1) is 7.69. The number of carboxylic acids is 1. The van der Waals surface area contributed by atoms with E-state index in [1.165, 1.54) is 24.2 Å². The second-order valence-corrected chi connectivity index (χ2v) is 5.11. The van der Waals surface area contributed by atoms with Crippen LogP contribution in [0.2, 0.25) is 0 Å². The van der Waals surface area contributed by atoms with Crippen molar-refractivity contribution in [3.8, 4) is 0 Å². The molecular formula is C11H16N2O2S. The van der Waals surface area contributed by atoms with E-state index in [9.17, 15) is 4.79 Å². The summed E-state index contributed by atoms with van der Waals surface area (Å²) in [6.07, 6.45) is 2.49. The van der Waals surface area contributed by atoms with Crippen LogP contribution < -0.4 is 0 Å². The molecular weight excluding hydrogens is 224 g/mol. The predicted octanol–water partition coefficient (Wildman–Crippen LogP) is 2.07. The Bertz CT molecular complexity index is 378. The van der Waals surface area contributed by atoms with Gasteiger partial charge in [-0.05, 0) is 18.9 Å². The van der Waals surface area contributed by atoms with Crippen molar-refractivity contribution in [3.05, 3.63) is 16.1 Å². The number of rotatable bonds is 4. The molecule has 4 nitrogen and oxygen atoms in total. The Morgan fingerprint density at radius 1 is 1.75 bits per heavy atom. The Labute approximate surface area is 98.9 Å². The van der Waals surface area contributed by atoms with Gasteiger partial charge in [-0.15, -0.1) is 11.3 Å². The van der Waals surface area contributed by atoms with Gasteiger partial charge in [0.25, 0.3) is 0 Å². The monoisotopic (exact) mass is 240 g/mol. The van der Waals surface area contributed by atoms with Crippen LogP contribution in [0.1, 0.15) is 35.3 Å². The van der Waals surface area contributed by atoms with E-state index < -0.39 is 5.97 Å². The topological polar surface area (TPSA) is 53.4 Å². The molecule has 1 atom stereocenters. The molecule has 88 valence electrons. The molecule has 1 aromatic rings. The maximum absolute atomic E-state index is 10.7. The fourth-order valence-corrected chi connectivity index (χ4v) is 2.74. The molecule has 0 amide bonds. The van der Waals surface area contributed by atoms with Gasteiger partial charge < -0.3 is 5.11 Å². The standard InChI is InChI=1S/C11H16N2O2S/c1-2-8-3-4-13(5-8)6-9-7-16-10(12-9)11(14)15/h7-8H,2-6H2,1H3,(H,14,15). The van der Waals surface area contributed by atoms with Gasteiger partial charge >= 0.3 is 5.97 Å². The molecule has 1 aromatic heterocycles. The Balaban J connectivity index is 1.92. The van der Waals surface area contributed by atoms with Crippen LogP contribution in [-0.4, -0.2) is 34.0 Å². The van der Waals surface area contributed by atoms with Crippen LogP contribution in [0, 0.1) is 5.92 Å². The first-order valence-electron chi connectivity index (χ1n) is 5.59. The smallest absolute Gasteiger partial charge is 0.365 e. The van der Waals surface area contributed by atoms with Gasteiger partial charge in [-0.1, -0.05) is 13.3 Å². The van der Waals surface area contributed by atoms with E-state index in [4.69, 9.17) is 5.11 Å². The van der Waals surface area contributed by atoms with E-state index in [2.05, 4.69) is 16.8 Å². The third kappa shape index (κ3) is 2.59. The van der Waals surface area contributed by atoms with Crippen molar-refractivity contribution < 1.29 is 9.90 Å². The lowest BCUT2D eigenvalue weighted by Crippen LogP contribution is -2.20. The average Bonchev–Trinajstić information content (AvgIpc) is 2.87. The molecule has 2 heterocycles. The Hall–Kier alpha value is -0.940. The zero-order valence-electron chi connectivity index (χ0n) is 9.35. The molecule has 1 aliphatic heterocycles. The van der Waals surface area contributed by atoms with E-state index in [1.807, 2.05) is 5.38 Å². The molecule has 2 rings (SSSR count). The van der Waals surface area contributed by atoms with Gasteiger partial charge in [0.2, 0.25) is 5.01 Å². The molecule has 5 heteroatoms. The van der Waals surface area contributed by atoms with Crippen molar-refractivity contribution in [1.82, 2.24) is 9.88 Å². The van der Waals surface area contributed by atoms with Crippen LogP contribution in [0.3, 0.4) is 0 Å². The highest BCUT2D eigenvalue weighted by atomic mass is 32.1. The van der Waals surface area contributed by atoms with Crippen molar-refractivity contribution in [3.63, 3.8) is 0 Å². The van der Waals surface area contributed by atoms with Crippen molar-refractivity contribution in [2.45, 2.75) is 26.3 Å². The SMILES string of the molecule is CCC1CCN(Cc2csc(C(=O)O)n2)C1. The molecule has 1 fully saturated rings. The van der Waals surface area contributed by atoms with Crippen molar-refractivity contribution in [2.24, 2.45) is 5.92 Å². The molecule has 0 aromatic carbocycles. The number of aromatic nitrogens is 1. The molecule has 1 unspecified atom stereocenters. The van der Waals surface area contributed by atoms with Crippen molar-refractivity contribution in [2.75, 3.05) is 13.1 Å². The highest BCUT2D eigenvalue weighted by Gasteiger charge is 2.21. The number of carboxylic acid groups (broad SMARTS) is 1. The third-order valence-corrected chi connectivity index (χ3v) is 3.95. The number of carbonyl (C=O) groups is 1. The maximum atomic E-state index is 10.7. The summed E-state index contributed by atoms with van der Waals surface area (Å²) in [5.41, 5.74) is 0.888. The summed E-state index contributed by atoms with van der Waals surface area (Å²) in [5.74, 6) is -0.123. The summed E-state index contributed by atoms with van der Waals surface area (Å²) in [7, 11) is 0. The lowest BCUT2D eigenvalue weighted by Gasteiger charge is -2.13. The molecule has 1 aliphatic rings. The third-order valence-electron chi connectivity index (χ3n) is 3.07. The van der Waals surface area contributed by atoms with Gasteiger partial charge in [-0.25, -0.2) is 9.78 Å². The predicted molar refractivity (Wildman–Crippen MR) is 62.7 cm³/mol. The van der Waals surface area contributed by atoms with E-state index in [0.29, 0.717) is 0 Å². The van der Waals surface area contributed by atoms with Crippen LogP contribution in [0.25, 0.3) is 0 Å². The second-order valence-electron chi connectivity index (χ2n) is 4.25. The van der Waals surface area contributed by atoms with Crippen LogP contribution in [-0.2, 0) is 6.54 Å². The summed E-state index contributed by atoms with van der Waals surface area (Å²) >= 11 is 1.21. The van der Waals surface area contributed by atoms with E-state index >= 15 is 0 Å². The minimum Gasteiger partial charge on any atom is -0.476 e. The minimum absolute atomic E-state index is 0.196. The first-order valence-corrected chi connectivity index (χ1v) is 6.47. The van der Waals surface area contributed by atoms with E-state index in [1.54, 1.807) is 0 Å². The summed E-state index contributed by atoms with van der Waals surface area (Å²) in [6.45, 7) is 5.24. The fraction of sp³-hybridized carbons (Fsp3) is 0.636. The Morgan fingerprint density at radius 2 is 2.56 bits per heavy atom. The summed E-state index contributed by atoms with van der Waals surface area (Å²) in [4.78, 5) is 17.1. The van der Waals surface area contributed by atoms with Gasteiger partial charge in [-0.2, -0.15) is 0 Å². The quantitative estimate of drug-likeness (QED) is 0.875. The van der Waals surface area contributed by atoms with E-state index in [0.717, 1.165) is 31.2 Å². The van der Waals surface area contributed by atoms with Gasteiger partial charge in [0.15, 0.2) is 0 Å². The fourth-order valence-electron chi connectivity index (χ4n) is 2.10. The van der Waals surface area contributed by atoms with Crippen LogP contribution in [0.5, 0.6) is 0 Å². The molecule has 16 heavy (non-hydrogen) atoms. The average molecular weight is 240 g/mol. The number of nitrogens with zero attached hydrogens (tertiary/aromatic N) is 2. The normalized spacial score (nSPS) is 21.4. The lowest BCUT2D eigenvalue weighted by molar-refractivity contribution is 0.0696. The highest BCUT2D eigenvalue weighted by molar-refractivity contribution is 7.11. The lowest BCUT2D eigenvalue weighted by atomic mass is 10.1. The Kier molecular flexibility index (Phi) is 3.56. The largest absolute Gasteiger partial charge is 0.476 e. The molecule has 0 saturated carbocycles. The minimum atomic E-state index is -0.927. The second kappa shape index (κ2) is 4.93. The van der Waals surface area contributed by atoms with Crippen LogP contribution in [0.15, 0.2) is 5.38 Å². The Morgan fingerprint density at radius 3 is 3.12 bits per heavy atom. The molecule has 1 saturated heterocycles. The molecule has 0 spiro atoms. The van der Waals surface area contributed by atoms with E-state index in [-0.39, 0.29) is 5.01 Å². The number of hydrogen-bond acceptors (Lipinski definition) is 4. The summed E-state index contributed by atoms with van der Waals surface area (Å²) < 4.78 is 0. The van der Waals surface area contributed by atoms with Crippen molar-refractivity contribution in [1.29, 1.82) is 0 Å². The number of aromatic carboxylic acids is 1. The number of thiazole rings is 1. The zero-order chi connectivity index (χ0) is 11.5. The van der Waals surface area contributed by atoms with Crippen LogP contribution in [0.4, 0.5) is 0 Å². The van der Waals surface area contributed by atoms with Gasteiger partial charge in [0.05, 0.1) is 5.69 Å². The van der Waals surface area contributed by atoms with Gasteiger partial charge in [-0.3, -0.25) is 4.90 Å². The number of likely N-dealkylation sites (tertiary alicyclic amines) is 1. The maximum Gasteiger partial charge on any atom is 0.365 e. The number of hydrogen-bond donors (Lipinski definition) is 1. The molecule has 1 N–H and O–H groups in total. The van der Waals surface area contributed by atoms with Crippen LogP contribution >= 0.6 is 11.3 Å². The molecule has 0 bridgehead atoms. The first kappa shape index (κ1) is 11.5. The summed E-state index contributed by atoms with van der Waals surface area (Å²) in [6, 6.07) is 0.